The van der Waals surface area contributed by atoms with Crippen molar-refractivity contribution in [2.24, 2.45) is 0 Å². The molecule has 2 aromatic heterocycles. The number of aliphatic hydroxyl groups excluding tert-OH is 1. The molecule has 0 bridgehead atoms. The Morgan fingerprint density at radius 1 is 1.20 bits per heavy atom. The van der Waals surface area contributed by atoms with E-state index in [9.17, 15) is 14.7 Å². The summed E-state index contributed by atoms with van der Waals surface area (Å²) < 4.78 is 11.9. The SMILES string of the molecule is COc1ccc2nc(N3C(=O)C(=O)C(=C(O)c4ccc5c(c4)C[C@@H](C)O5)[C@@H]3c3cccs3)sc2c1. The minimum Gasteiger partial charge on any atom is -0.507 e. The fourth-order valence-electron chi connectivity index (χ4n) is 4.59. The fraction of sp³-hybridized carbons (Fsp3) is 0.192. The van der Waals surface area contributed by atoms with E-state index >= 15 is 0 Å². The molecule has 2 aliphatic rings. The summed E-state index contributed by atoms with van der Waals surface area (Å²) in [4.78, 5) is 33.5. The van der Waals surface area contributed by atoms with E-state index in [-0.39, 0.29) is 17.4 Å². The maximum Gasteiger partial charge on any atom is 0.301 e. The normalized spacial score (nSPS) is 20.9. The van der Waals surface area contributed by atoms with E-state index in [0.717, 1.165) is 20.9 Å². The van der Waals surface area contributed by atoms with Gasteiger partial charge in [0.25, 0.3) is 5.78 Å². The third kappa shape index (κ3) is 3.50. The number of benzene rings is 2. The van der Waals surface area contributed by atoms with Gasteiger partial charge in [0, 0.05) is 16.9 Å². The van der Waals surface area contributed by atoms with Crippen LogP contribution in [0.1, 0.15) is 29.0 Å². The number of hydrogen-bond donors (Lipinski definition) is 1. The van der Waals surface area contributed by atoms with Gasteiger partial charge in [-0.05, 0) is 60.3 Å². The molecule has 176 valence electrons. The highest BCUT2D eigenvalue weighted by atomic mass is 32.1. The number of carbonyl (C=O) groups excluding carboxylic acids is 2. The fourth-order valence-corrected chi connectivity index (χ4v) is 6.44. The molecular formula is C26H20N2O5S2. The summed E-state index contributed by atoms with van der Waals surface area (Å²) in [5.41, 5.74) is 2.20. The van der Waals surface area contributed by atoms with E-state index in [2.05, 4.69) is 4.98 Å². The molecule has 35 heavy (non-hydrogen) atoms. The summed E-state index contributed by atoms with van der Waals surface area (Å²) in [7, 11) is 1.59. The van der Waals surface area contributed by atoms with Gasteiger partial charge in [0.05, 0.1) is 22.9 Å². The molecule has 1 amide bonds. The summed E-state index contributed by atoms with van der Waals surface area (Å²) >= 11 is 2.72. The van der Waals surface area contributed by atoms with Crippen molar-refractivity contribution in [3.8, 4) is 11.5 Å². The molecule has 6 rings (SSSR count). The number of thiophene rings is 1. The minimum absolute atomic E-state index is 0.0526. The zero-order chi connectivity index (χ0) is 24.3. The number of rotatable bonds is 4. The lowest BCUT2D eigenvalue weighted by Crippen LogP contribution is -2.28. The zero-order valence-electron chi connectivity index (χ0n) is 18.8. The van der Waals surface area contributed by atoms with E-state index in [1.165, 1.54) is 27.6 Å². The average Bonchev–Trinajstić information content (AvgIpc) is 3.63. The lowest BCUT2D eigenvalue weighted by Gasteiger charge is -2.21. The Kier molecular flexibility index (Phi) is 5.12. The van der Waals surface area contributed by atoms with E-state index in [0.29, 0.717) is 28.4 Å². The van der Waals surface area contributed by atoms with Crippen molar-refractivity contribution in [3.63, 3.8) is 0 Å². The van der Waals surface area contributed by atoms with Gasteiger partial charge in [0.15, 0.2) is 5.13 Å². The molecule has 0 aliphatic carbocycles. The Labute approximate surface area is 208 Å². The first-order chi connectivity index (χ1) is 16.9. The average molecular weight is 505 g/mol. The first kappa shape index (κ1) is 21.8. The number of hydrogen-bond acceptors (Lipinski definition) is 8. The van der Waals surface area contributed by atoms with Gasteiger partial charge in [0.1, 0.15) is 29.4 Å². The monoisotopic (exact) mass is 504 g/mol. The van der Waals surface area contributed by atoms with Crippen molar-refractivity contribution in [1.82, 2.24) is 4.98 Å². The third-order valence-electron chi connectivity index (χ3n) is 6.22. The van der Waals surface area contributed by atoms with Crippen LogP contribution in [-0.4, -0.2) is 35.0 Å². The largest absolute Gasteiger partial charge is 0.507 e. The van der Waals surface area contributed by atoms with Crippen molar-refractivity contribution in [3.05, 3.63) is 75.5 Å². The summed E-state index contributed by atoms with van der Waals surface area (Å²) in [6.07, 6.45) is 0.769. The number of carbonyl (C=O) groups is 2. The Bertz CT molecular complexity index is 1520. The molecule has 0 radical (unpaired) electrons. The number of anilines is 1. The Morgan fingerprint density at radius 2 is 2.06 bits per heavy atom. The van der Waals surface area contributed by atoms with Crippen LogP contribution in [0.15, 0.2) is 59.5 Å². The van der Waals surface area contributed by atoms with Crippen molar-refractivity contribution < 1.29 is 24.2 Å². The van der Waals surface area contributed by atoms with Gasteiger partial charge in [-0.15, -0.1) is 11.3 Å². The highest BCUT2D eigenvalue weighted by Crippen LogP contribution is 2.46. The highest BCUT2D eigenvalue weighted by molar-refractivity contribution is 7.22. The highest BCUT2D eigenvalue weighted by Gasteiger charge is 2.48. The number of fused-ring (bicyclic) bond motifs is 2. The van der Waals surface area contributed by atoms with Crippen LogP contribution >= 0.6 is 22.7 Å². The van der Waals surface area contributed by atoms with Crippen LogP contribution < -0.4 is 14.4 Å². The van der Waals surface area contributed by atoms with Crippen molar-refractivity contribution in [1.29, 1.82) is 0 Å². The number of aliphatic hydroxyl groups is 1. The number of amides is 1. The Hall–Kier alpha value is -3.69. The van der Waals surface area contributed by atoms with Crippen LogP contribution in [0, 0.1) is 0 Å². The number of nitrogens with zero attached hydrogens (tertiary/aromatic N) is 2. The van der Waals surface area contributed by atoms with Gasteiger partial charge >= 0.3 is 5.91 Å². The second kappa shape index (κ2) is 8.21. The van der Waals surface area contributed by atoms with Crippen molar-refractivity contribution in [2.45, 2.75) is 25.5 Å². The Balaban J connectivity index is 1.50. The predicted octanol–water partition coefficient (Wildman–Crippen LogP) is 5.32. The number of ether oxygens (including phenoxy) is 2. The summed E-state index contributed by atoms with van der Waals surface area (Å²) in [5, 5.41) is 13.6. The molecule has 0 unspecified atom stereocenters. The summed E-state index contributed by atoms with van der Waals surface area (Å²) in [6, 6.07) is 13.7. The molecule has 2 aromatic carbocycles. The van der Waals surface area contributed by atoms with Gasteiger partial charge < -0.3 is 14.6 Å². The number of thiazole rings is 1. The topological polar surface area (TPSA) is 89.0 Å². The summed E-state index contributed by atoms with van der Waals surface area (Å²) in [5.74, 6) is -0.194. The lowest BCUT2D eigenvalue weighted by molar-refractivity contribution is -0.132. The predicted molar refractivity (Wildman–Crippen MR) is 136 cm³/mol. The number of aromatic nitrogens is 1. The molecule has 4 aromatic rings. The van der Waals surface area contributed by atoms with E-state index < -0.39 is 17.7 Å². The molecule has 0 saturated carbocycles. The van der Waals surface area contributed by atoms with E-state index in [1.807, 2.05) is 42.6 Å². The first-order valence-corrected chi connectivity index (χ1v) is 12.7. The molecule has 4 heterocycles. The van der Waals surface area contributed by atoms with Crippen LogP contribution in [0.2, 0.25) is 0 Å². The standard InChI is InChI=1S/C26H20N2O5S2/c1-13-10-15-11-14(5-8-18(15)33-13)23(29)21-22(19-4-3-9-34-19)28(25(31)24(21)30)26-27-17-7-6-16(32-2)12-20(17)35-26/h3-9,11-13,22,29H,10H2,1-2H3/t13-,22+/m1/s1. The number of ketones is 1. The van der Waals surface area contributed by atoms with E-state index in [4.69, 9.17) is 9.47 Å². The molecule has 1 saturated heterocycles. The zero-order valence-corrected chi connectivity index (χ0v) is 20.5. The Morgan fingerprint density at radius 3 is 2.83 bits per heavy atom. The van der Waals surface area contributed by atoms with Gasteiger partial charge in [-0.3, -0.25) is 14.5 Å². The summed E-state index contributed by atoms with van der Waals surface area (Å²) in [6.45, 7) is 1.98. The van der Waals surface area contributed by atoms with Gasteiger partial charge in [-0.25, -0.2) is 4.98 Å². The molecule has 2 aliphatic heterocycles. The minimum atomic E-state index is -0.777. The van der Waals surface area contributed by atoms with E-state index in [1.54, 1.807) is 25.3 Å². The number of methoxy groups -OCH3 is 1. The van der Waals surface area contributed by atoms with Crippen LogP contribution in [0.4, 0.5) is 5.13 Å². The second-order valence-electron chi connectivity index (χ2n) is 8.47. The molecule has 1 fully saturated rings. The second-order valence-corrected chi connectivity index (χ2v) is 10.5. The van der Waals surface area contributed by atoms with Crippen LogP contribution in [0.5, 0.6) is 11.5 Å². The molecule has 1 N–H and O–H groups in total. The van der Waals surface area contributed by atoms with Gasteiger partial charge in [-0.1, -0.05) is 17.4 Å². The maximum absolute atomic E-state index is 13.3. The molecule has 9 heteroatoms. The molecule has 0 spiro atoms. The number of Topliss-reactive ketones (excluding diaryl/α,β-unsaturated/α-hetero) is 1. The van der Waals surface area contributed by atoms with Crippen molar-refractivity contribution in [2.75, 3.05) is 12.0 Å². The third-order valence-corrected chi connectivity index (χ3v) is 8.16. The van der Waals surface area contributed by atoms with Crippen LogP contribution in [0.3, 0.4) is 0 Å². The van der Waals surface area contributed by atoms with Crippen LogP contribution in [-0.2, 0) is 16.0 Å². The molecule has 2 atom stereocenters. The maximum atomic E-state index is 13.3. The smallest absolute Gasteiger partial charge is 0.301 e. The van der Waals surface area contributed by atoms with Crippen molar-refractivity contribution >= 4 is 55.5 Å². The molecule has 7 nitrogen and oxygen atoms in total. The molecular weight excluding hydrogens is 484 g/mol. The van der Waals surface area contributed by atoms with Gasteiger partial charge in [-0.2, -0.15) is 0 Å². The van der Waals surface area contributed by atoms with Gasteiger partial charge in [0.2, 0.25) is 0 Å². The lowest BCUT2D eigenvalue weighted by atomic mass is 9.98. The van der Waals surface area contributed by atoms with Crippen LogP contribution in [0.25, 0.3) is 16.0 Å². The quantitative estimate of drug-likeness (QED) is 0.230. The first-order valence-electron chi connectivity index (χ1n) is 11.0.